The third kappa shape index (κ3) is 2.13. The zero-order valence-electron chi connectivity index (χ0n) is 9.25. The van der Waals surface area contributed by atoms with Crippen LogP contribution in [-0.2, 0) is 6.42 Å². The van der Waals surface area contributed by atoms with E-state index in [1.807, 2.05) is 12.1 Å². The summed E-state index contributed by atoms with van der Waals surface area (Å²) in [6.45, 7) is 1.05. The van der Waals surface area contributed by atoms with Crippen molar-refractivity contribution in [1.82, 2.24) is 9.88 Å². The smallest absolute Gasteiger partial charge is 0.0476 e. The van der Waals surface area contributed by atoms with Crippen LogP contribution in [0.4, 0.5) is 5.69 Å². The van der Waals surface area contributed by atoms with Gasteiger partial charge in [0.1, 0.15) is 0 Å². The fourth-order valence-electron chi connectivity index (χ4n) is 1.72. The first-order valence-corrected chi connectivity index (χ1v) is 5.17. The van der Waals surface area contributed by atoms with Gasteiger partial charge >= 0.3 is 0 Å². The number of fused-ring (bicyclic) bond motifs is 1. The number of anilines is 1. The zero-order valence-corrected chi connectivity index (χ0v) is 9.25. The second-order valence-corrected chi connectivity index (χ2v) is 4.16. The standard InChI is InChI=1S/C12H17N3/c1-15(2)7-6-9-8-10-11(13)4-3-5-12(10)14-9/h3-5,8,14H,6-7,13H2,1-2H3. The van der Waals surface area contributed by atoms with Crippen LogP contribution in [0.5, 0.6) is 0 Å². The third-order valence-corrected chi connectivity index (χ3v) is 2.58. The number of nitrogen functional groups attached to an aromatic ring is 1. The van der Waals surface area contributed by atoms with Crippen molar-refractivity contribution in [3.05, 3.63) is 30.0 Å². The van der Waals surface area contributed by atoms with Gasteiger partial charge in [-0.15, -0.1) is 0 Å². The molecule has 15 heavy (non-hydrogen) atoms. The van der Waals surface area contributed by atoms with Gasteiger partial charge in [0.05, 0.1) is 0 Å². The normalized spacial score (nSPS) is 11.4. The van der Waals surface area contributed by atoms with Gasteiger partial charge in [-0.3, -0.25) is 0 Å². The quantitative estimate of drug-likeness (QED) is 0.748. The largest absolute Gasteiger partial charge is 0.398 e. The molecule has 0 saturated heterocycles. The lowest BCUT2D eigenvalue weighted by Gasteiger charge is -2.07. The summed E-state index contributed by atoms with van der Waals surface area (Å²) in [4.78, 5) is 5.56. The molecule has 0 aliphatic rings. The number of H-pyrrole nitrogens is 1. The summed E-state index contributed by atoms with van der Waals surface area (Å²) < 4.78 is 0. The topological polar surface area (TPSA) is 45.0 Å². The van der Waals surface area contributed by atoms with Crippen molar-refractivity contribution in [3.63, 3.8) is 0 Å². The number of nitrogens with two attached hydrogens (primary N) is 1. The Hall–Kier alpha value is -1.48. The molecule has 1 aromatic heterocycles. The number of aromatic nitrogens is 1. The van der Waals surface area contributed by atoms with Crippen LogP contribution in [0.1, 0.15) is 5.69 Å². The van der Waals surface area contributed by atoms with E-state index in [4.69, 9.17) is 5.73 Å². The lowest BCUT2D eigenvalue weighted by Crippen LogP contribution is -2.15. The lowest BCUT2D eigenvalue weighted by atomic mass is 10.2. The van der Waals surface area contributed by atoms with Gasteiger partial charge in [0.15, 0.2) is 0 Å². The number of benzene rings is 1. The predicted octanol–water partition coefficient (Wildman–Crippen LogP) is 1.85. The highest BCUT2D eigenvalue weighted by molar-refractivity contribution is 5.91. The maximum atomic E-state index is 5.90. The summed E-state index contributed by atoms with van der Waals surface area (Å²) in [5, 5.41) is 1.13. The first-order chi connectivity index (χ1) is 7.16. The van der Waals surface area contributed by atoms with Crippen LogP contribution in [0.25, 0.3) is 10.9 Å². The fourth-order valence-corrected chi connectivity index (χ4v) is 1.72. The molecule has 0 fully saturated rings. The predicted molar refractivity (Wildman–Crippen MR) is 65.0 cm³/mol. The number of rotatable bonds is 3. The fraction of sp³-hybridized carbons (Fsp3) is 0.333. The minimum absolute atomic E-state index is 0.847. The van der Waals surface area contributed by atoms with E-state index in [2.05, 4.69) is 36.1 Å². The van der Waals surface area contributed by atoms with E-state index in [0.29, 0.717) is 0 Å². The van der Waals surface area contributed by atoms with Crippen molar-refractivity contribution < 1.29 is 0 Å². The molecule has 3 N–H and O–H groups in total. The van der Waals surface area contributed by atoms with Crippen molar-refractivity contribution >= 4 is 16.6 Å². The lowest BCUT2D eigenvalue weighted by molar-refractivity contribution is 0.412. The Morgan fingerprint density at radius 1 is 1.33 bits per heavy atom. The average Bonchev–Trinajstić information content (AvgIpc) is 2.59. The highest BCUT2D eigenvalue weighted by Crippen LogP contribution is 2.21. The van der Waals surface area contributed by atoms with E-state index in [-0.39, 0.29) is 0 Å². The first kappa shape index (κ1) is 10.1. The molecule has 0 aliphatic heterocycles. The van der Waals surface area contributed by atoms with E-state index in [9.17, 15) is 0 Å². The first-order valence-electron chi connectivity index (χ1n) is 5.17. The number of likely N-dealkylation sites (N-methyl/N-ethyl adjacent to an activating group) is 1. The molecule has 0 spiro atoms. The Kier molecular flexibility index (Phi) is 2.64. The minimum Gasteiger partial charge on any atom is -0.398 e. The van der Waals surface area contributed by atoms with Gasteiger partial charge in [0, 0.05) is 35.2 Å². The highest BCUT2D eigenvalue weighted by Gasteiger charge is 2.03. The zero-order chi connectivity index (χ0) is 10.8. The Morgan fingerprint density at radius 2 is 2.13 bits per heavy atom. The van der Waals surface area contributed by atoms with Crippen molar-refractivity contribution in [2.45, 2.75) is 6.42 Å². The van der Waals surface area contributed by atoms with Gasteiger partial charge in [-0.05, 0) is 32.3 Å². The molecule has 0 saturated carbocycles. The van der Waals surface area contributed by atoms with Crippen LogP contribution < -0.4 is 5.73 Å². The summed E-state index contributed by atoms with van der Waals surface area (Å²) in [6.07, 6.45) is 1.03. The second-order valence-electron chi connectivity index (χ2n) is 4.16. The number of hydrogen-bond donors (Lipinski definition) is 2. The monoisotopic (exact) mass is 203 g/mol. The van der Waals surface area contributed by atoms with Gasteiger partial charge in [-0.2, -0.15) is 0 Å². The third-order valence-electron chi connectivity index (χ3n) is 2.58. The Bertz CT molecular complexity index is 457. The number of nitrogens with zero attached hydrogens (tertiary/aromatic N) is 1. The Morgan fingerprint density at radius 3 is 2.80 bits per heavy atom. The van der Waals surface area contributed by atoms with Crippen molar-refractivity contribution in [3.8, 4) is 0 Å². The molecule has 80 valence electrons. The summed E-state index contributed by atoms with van der Waals surface area (Å²) in [5.41, 5.74) is 9.12. The molecule has 0 unspecified atom stereocenters. The Labute approximate surface area is 89.9 Å². The average molecular weight is 203 g/mol. The van der Waals surface area contributed by atoms with E-state index in [1.54, 1.807) is 0 Å². The maximum absolute atomic E-state index is 5.90. The van der Waals surface area contributed by atoms with Crippen molar-refractivity contribution in [2.24, 2.45) is 0 Å². The van der Waals surface area contributed by atoms with Crippen molar-refractivity contribution in [1.29, 1.82) is 0 Å². The van der Waals surface area contributed by atoms with Gasteiger partial charge in [-0.25, -0.2) is 0 Å². The second kappa shape index (κ2) is 3.95. The van der Waals surface area contributed by atoms with Gasteiger partial charge in [0.2, 0.25) is 0 Å². The molecule has 2 rings (SSSR count). The van der Waals surface area contributed by atoms with E-state index in [1.165, 1.54) is 5.69 Å². The number of hydrogen-bond acceptors (Lipinski definition) is 2. The molecule has 0 bridgehead atoms. The summed E-state index contributed by atoms with van der Waals surface area (Å²) in [6, 6.07) is 8.12. The molecule has 3 heteroatoms. The maximum Gasteiger partial charge on any atom is 0.0476 e. The minimum atomic E-state index is 0.847. The van der Waals surface area contributed by atoms with Crippen molar-refractivity contribution in [2.75, 3.05) is 26.4 Å². The van der Waals surface area contributed by atoms with Crippen LogP contribution in [0.3, 0.4) is 0 Å². The molecule has 2 aromatic rings. The van der Waals surface area contributed by atoms with E-state index < -0.39 is 0 Å². The molecule has 0 radical (unpaired) electrons. The molecule has 1 aromatic carbocycles. The molecule has 0 amide bonds. The highest BCUT2D eigenvalue weighted by atomic mass is 15.0. The molecule has 0 aliphatic carbocycles. The molecule has 3 nitrogen and oxygen atoms in total. The molecule has 0 atom stereocenters. The Balaban J connectivity index is 2.27. The van der Waals surface area contributed by atoms with Crippen LogP contribution >= 0.6 is 0 Å². The number of nitrogens with one attached hydrogen (secondary N) is 1. The van der Waals surface area contributed by atoms with Gasteiger partial charge < -0.3 is 15.6 Å². The summed E-state index contributed by atoms with van der Waals surface area (Å²) >= 11 is 0. The molecular weight excluding hydrogens is 186 g/mol. The molecule has 1 heterocycles. The van der Waals surface area contributed by atoms with Gasteiger partial charge in [-0.1, -0.05) is 6.07 Å². The van der Waals surface area contributed by atoms with Gasteiger partial charge in [0.25, 0.3) is 0 Å². The van der Waals surface area contributed by atoms with Crippen LogP contribution in [-0.4, -0.2) is 30.5 Å². The summed E-state index contributed by atoms with van der Waals surface area (Å²) in [5.74, 6) is 0. The van der Waals surface area contributed by atoms with E-state index >= 15 is 0 Å². The molecular formula is C12H17N3. The van der Waals surface area contributed by atoms with Crippen LogP contribution in [0.15, 0.2) is 24.3 Å². The van der Waals surface area contributed by atoms with Crippen LogP contribution in [0, 0.1) is 0 Å². The van der Waals surface area contributed by atoms with E-state index in [0.717, 1.165) is 29.6 Å². The SMILES string of the molecule is CN(C)CCc1cc2c(N)cccc2[nH]1. The summed E-state index contributed by atoms with van der Waals surface area (Å²) in [7, 11) is 4.16. The number of aromatic amines is 1. The van der Waals surface area contributed by atoms with Crippen LogP contribution in [0.2, 0.25) is 0 Å².